The van der Waals surface area contributed by atoms with Crippen molar-refractivity contribution >= 4 is 35.0 Å². The van der Waals surface area contributed by atoms with E-state index in [9.17, 15) is 24.6 Å². The van der Waals surface area contributed by atoms with Crippen molar-refractivity contribution in [3.05, 3.63) is 70.8 Å². The van der Waals surface area contributed by atoms with Gasteiger partial charge in [-0.3, -0.25) is 25.2 Å². The van der Waals surface area contributed by atoms with Gasteiger partial charge in [-0.25, -0.2) is 0 Å². The van der Waals surface area contributed by atoms with Crippen molar-refractivity contribution in [2.75, 3.05) is 0 Å². The first-order valence-electron chi connectivity index (χ1n) is 6.97. The predicted octanol–water partition coefficient (Wildman–Crippen LogP) is 1.97. The molecule has 0 aliphatic rings. The number of rotatable bonds is 4. The summed E-state index contributed by atoms with van der Waals surface area (Å²) in [5, 5.41) is 19.6. The van der Waals surface area contributed by atoms with E-state index in [0.29, 0.717) is 10.6 Å². The molecule has 0 unspecified atom stereocenters. The molecular weight excluding hydrogens is 348 g/mol. The predicted molar refractivity (Wildman–Crippen MR) is 90.8 cm³/mol. The normalized spacial score (nSPS) is 10.8. The molecule has 25 heavy (non-hydrogen) atoms. The number of phenols is 1. The fourth-order valence-corrected chi connectivity index (χ4v) is 1.91. The first kappa shape index (κ1) is 18.0. The van der Waals surface area contributed by atoms with E-state index in [1.807, 2.05) is 10.9 Å². The van der Waals surface area contributed by atoms with Crippen LogP contribution in [0.15, 0.2) is 54.6 Å². The number of nitrogens with one attached hydrogen (secondary N) is 2. The Hall–Kier alpha value is -3.32. The van der Waals surface area contributed by atoms with E-state index in [-0.39, 0.29) is 11.3 Å². The monoisotopic (exact) mass is 360 g/mol. The summed E-state index contributed by atoms with van der Waals surface area (Å²) in [4.78, 5) is 35.2. The third kappa shape index (κ3) is 5.08. The molecule has 7 nitrogen and oxygen atoms in total. The first-order chi connectivity index (χ1) is 11.9. The zero-order chi connectivity index (χ0) is 18.4. The topological polar surface area (TPSA) is 116 Å². The molecule has 8 heteroatoms. The second kappa shape index (κ2) is 7.98. The fraction of sp³-hybridized carbons (Fsp3) is 0. The van der Waals surface area contributed by atoms with Crippen LogP contribution in [0.2, 0.25) is 5.02 Å². The van der Waals surface area contributed by atoms with E-state index in [4.69, 9.17) is 11.6 Å². The molecule has 0 spiro atoms. The number of ketones is 1. The van der Waals surface area contributed by atoms with Crippen molar-refractivity contribution < 1.29 is 24.6 Å². The molecule has 2 rings (SSSR count). The van der Waals surface area contributed by atoms with Gasteiger partial charge >= 0.3 is 5.91 Å². The number of carbonyl (C=O) groups excluding carboxylic acids is 3. The lowest BCUT2D eigenvalue weighted by Gasteiger charge is -2.06. The molecule has 0 radical (unpaired) electrons. The van der Waals surface area contributed by atoms with Gasteiger partial charge in [0.25, 0.3) is 5.91 Å². The van der Waals surface area contributed by atoms with Gasteiger partial charge in [-0.05, 0) is 42.5 Å². The Bertz CT molecular complexity index is 846. The summed E-state index contributed by atoms with van der Waals surface area (Å²) < 4.78 is 0. The Morgan fingerprint density at radius 1 is 0.960 bits per heavy atom. The highest BCUT2D eigenvalue weighted by Gasteiger charge is 2.14. The number of aromatic hydroxyl groups is 1. The number of aliphatic hydroxyl groups is 1. The van der Waals surface area contributed by atoms with Crippen LogP contribution >= 0.6 is 11.6 Å². The summed E-state index contributed by atoms with van der Waals surface area (Å²) in [6, 6.07) is 11.4. The van der Waals surface area contributed by atoms with Crippen LogP contribution in [0.25, 0.3) is 5.76 Å². The van der Waals surface area contributed by atoms with E-state index in [1.54, 1.807) is 0 Å². The third-order valence-electron chi connectivity index (χ3n) is 3.03. The highest BCUT2D eigenvalue weighted by atomic mass is 35.5. The van der Waals surface area contributed by atoms with E-state index in [2.05, 4.69) is 0 Å². The van der Waals surface area contributed by atoms with Gasteiger partial charge in [-0.15, -0.1) is 0 Å². The number of benzene rings is 2. The van der Waals surface area contributed by atoms with Gasteiger partial charge in [0.15, 0.2) is 0 Å². The molecule has 2 aromatic carbocycles. The van der Waals surface area contributed by atoms with Crippen molar-refractivity contribution in [1.82, 2.24) is 10.9 Å². The zero-order valence-corrected chi connectivity index (χ0v) is 13.4. The van der Waals surface area contributed by atoms with Gasteiger partial charge in [0.1, 0.15) is 11.5 Å². The van der Waals surface area contributed by atoms with Crippen molar-refractivity contribution in [2.45, 2.75) is 0 Å². The van der Waals surface area contributed by atoms with Gasteiger partial charge in [0, 0.05) is 22.2 Å². The number of halogens is 1. The molecule has 0 saturated carbocycles. The van der Waals surface area contributed by atoms with Crippen LogP contribution in [-0.2, 0) is 9.59 Å². The van der Waals surface area contributed by atoms with Crippen LogP contribution in [0, 0.1) is 0 Å². The number of hydrazine groups is 1. The van der Waals surface area contributed by atoms with Crippen molar-refractivity contribution in [3.8, 4) is 5.75 Å². The van der Waals surface area contributed by atoms with Crippen LogP contribution in [0.3, 0.4) is 0 Å². The summed E-state index contributed by atoms with van der Waals surface area (Å²) >= 11 is 5.72. The lowest BCUT2D eigenvalue weighted by atomic mass is 10.1. The van der Waals surface area contributed by atoms with E-state index >= 15 is 0 Å². The van der Waals surface area contributed by atoms with Crippen LogP contribution in [-0.4, -0.2) is 27.8 Å². The SMILES string of the molecule is O=C(C=C(O)c1ccc(Cl)cc1)C(=O)NNC(=O)c1cccc(O)c1. The molecular formula is C17H13ClN2O5. The number of aliphatic hydroxyl groups excluding tert-OH is 1. The first-order valence-corrected chi connectivity index (χ1v) is 7.35. The molecule has 128 valence electrons. The number of hydrogen-bond acceptors (Lipinski definition) is 5. The van der Waals surface area contributed by atoms with Crippen LogP contribution in [0.4, 0.5) is 0 Å². The number of amides is 2. The minimum absolute atomic E-state index is 0.0901. The van der Waals surface area contributed by atoms with E-state index in [1.165, 1.54) is 48.5 Å². The lowest BCUT2D eigenvalue weighted by molar-refractivity contribution is -0.135. The maximum atomic E-state index is 11.8. The summed E-state index contributed by atoms with van der Waals surface area (Å²) in [6.45, 7) is 0. The highest BCUT2D eigenvalue weighted by Crippen LogP contribution is 2.15. The number of phenolic OH excluding ortho intramolecular Hbond substituents is 1. The summed E-state index contributed by atoms with van der Waals surface area (Å²) in [6.07, 6.45) is 0.721. The van der Waals surface area contributed by atoms with Crippen LogP contribution in [0.5, 0.6) is 5.75 Å². The Balaban J connectivity index is 1.96. The molecule has 0 saturated heterocycles. The molecule has 0 fully saturated rings. The van der Waals surface area contributed by atoms with Gasteiger partial charge in [0.2, 0.25) is 5.78 Å². The largest absolute Gasteiger partial charge is 0.508 e. The van der Waals surface area contributed by atoms with Crippen molar-refractivity contribution in [2.24, 2.45) is 0 Å². The van der Waals surface area contributed by atoms with Gasteiger partial charge in [0.05, 0.1) is 0 Å². The summed E-state index contributed by atoms with van der Waals surface area (Å²) in [7, 11) is 0. The highest BCUT2D eigenvalue weighted by molar-refractivity contribution is 6.41. The second-order valence-corrected chi connectivity index (χ2v) is 5.30. The molecule has 0 aromatic heterocycles. The zero-order valence-electron chi connectivity index (χ0n) is 12.7. The van der Waals surface area contributed by atoms with Gasteiger partial charge in [-0.2, -0.15) is 0 Å². The van der Waals surface area contributed by atoms with Gasteiger partial charge in [-0.1, -0.05) is 17.7 Å². The lowest BCUT2D eigenvalue weighted by Crippen LogP contribution is -2.44. The quantitative estimate of drug-likeness (QED) is 0.288. The molecule has 2 amide bonds. The third-order valence-corrected chi connectivity index (χ3v) is 3.28. The number of carbonyl (C=O) groups is 3. The summed E-state index contributed by atoms with van der Waals surface area (Å²) in [5.74, 6) is -3.47. The maximum absolute atomic E-state index is 11.8. The minimum atomic E-state index is -1.14. The minimum Gasteiger partial charge on any atom is -0.508 e. The van der Waals surface area contributed by atoms with E-state index in [0.717, 1.165) is 6.08 Å². The summed E-state index contributed by atoms with van der Waals surface area (Å²) in [5.41, 5.74) is 4.34. The van der Waals surface area contributed by atoms with Crippen LogP contribution < -0.4 is 10.9 Å². The fourth-order valence-electron chi connectivity index (χ4n) is 1.79. The molecule has 4 N–H and O–H groups in total. The Morgan fingerprint density at radius 3 is 2.28 bits per heavy atom. The average Bonchev–Trinajstić information content (AvgIpc) is 2.59. The molecule has 0 atom stereocenters. The Labute approximate surface area is 147 Å². The van der Waals surface area contributed by atoms with Crippen LogP contribution in [0.1, 0.15) is 15.9 Å². The standard InChI is InChI=1S/C17H13ClN2O5/c18-12-6-4-10(5-7-12)14(22)9-15(23)17(25)20-19-16(24)11-2-1-3-13(21)8-11/h1-9,21-22H,(H,19,24)(H,20,25). The molecule has 0 heterocycles. The van der Waals surface area contributed by atoms with Gasteiger partial charge < -0.3 is 10.2 Å². The Kier molecular flexibility index (Phi) is 5.75. The smallest absolute Gasteiger partial charge is 0.310 e. The number of hydrogen-bond donors (Lipinski definition) is 4. The van der Waals surface area contributed by atoms with E-state index < -0.39 is 23.4 Å². The second-order valence-electron chi connectivity index (χ2n) is 4.86. The average molecular weight is 361 g/mol. The molecule has 0 aliphatic heterocycles. The Morgan fingerprint density at radius 2 is 1.64 bits per heavy atom. The molecule has 2 aromatic rings. The van der Waals surface area contributed by atoms with Crippen molar-refractivity contribution in [1.29, 1.82) is 0 Å². The van der Waals surface area contributed by atoms with Crippen molar-refractivity contribution in [3.63, 3.8) is 0 Å². The maximum Gasteiger partial charge on any atom is 0.310 e. The molecule has 0 bridgehead atoms. The molecule has 0 aliphatic carbocycles.